The molecule has 0 spiro atoms. The summed E-state index contributed by atoms with van der Waals surface area (Å²) in [7, 11) is 2.01. The molecule has 1 unspecified atom stereocenters. The number of hydrogen-bond donors (Lipinski definition) is 1. The summed E-state index contributed by atoms with van der Waals surface area (Å²) in [6.07, 6.45) is 1.27. The smallest absolute Gasteiger partial charge is 0.00612 e. The first kappa shape index (κ1) is 7.96. The average Bonchev–Trinajstić information content (AvgIpc) is 1.84. The minimum absolute atomic E-state index is 0.667. The zero-order chi connectivity index (χ0) is 6.57. The lowest BCUT2D eigenvalue weighted by atomic mass is 10.0. The van der Waals surface area contributed by atoms with Gasteiger partial charge < -0.3 is 5.32 Å². The van der Waals surface area contributed by atoms with E-state index in [-0.39, 0.29) is 0 Å². The second-order valence-electron chi connectivity index (χ2n) is 2.46. The molecule has 8 heavy (non-hydrogen) atoms. The molecule has 0 bridgehead atoms. The fourth-order valence-corrected chi connectivity index (χ4v) is 0.638. The van der Waals surface area contributed by atoms with Gasteiger partial charge in [-0.25, -0.2) is 0 Å². The molecule has 0 aliphatic heterocycles. The molecule has 0 amide bonds. The third-order valence-corrected chi connectivity index (χ3v) is 1.95. The second kappa shape index (κ2) is 3.90. The van der Waals surface area contributed by atoms with Crippen molar-refractivity contribution in [3.05, 3.63) is 0 Å². The van der Waals surface area contributed by atoms with E-state index in [0.717, 1.165) is 5.92 Å². The number of nitrogens with one attached hydrogen (secondary N) is 1. The highest BCUT2D eigenvalue weighted by atomic mass is 14.9. The molecule has 0 aromatic carbocycles. The molecule has 0 heterocycles. The molecule has 50 valence electrons. The molecular weight excluding hydrogens is 98.1 g/mol. The highest BCUT2D eigenvalue weighted by Gasteiger charge is 2.04. The summed E-state index contributed by atoms with van der Waals surface area (Å²) in [5.74, 6) is 0.806. The largest absolute Gasteiger partial charge is 0.317 e. The Morgan fingerprint density at radius 3 is 2.00 bits per heavy atom. The molecule has 0 fully saturated rings. The number of hydrogen-bond acceptors (Lipinski definition) is 1. The first-order chi connectivity index (χ1) is 3.72. The van der Waals surface area contributed by atoms with Gasteiger partial charge in [0.2, 0.25) is 0 Å². The fraction of sp³-hybridized carbons (Fsp3) is 1.00. The van der Waals surface area contributed by atoms with Gasteiger partial charge in [0, 0.05) is 6.04 Å². The predicted molar refractivity (Wildman–Crippen MR) is 38.0 cm³/mol. The van der Waals surface area contributed by atoms with E-state index in [2.05, 4.69) is 26.1 Å². The maximum atomic E-state index is 3.22. The molecule has 0 rings (SSSR count). The van der Waals surface area contributed by atoms with Crippen molar-refractivity contribution in [3.8, 4) is 0 Å². The van der Waals surface area contributed by atoms with E-state index >= 15 is 0 Å². The summed E-state index contributed by atoms with van der Waals surface area (Å²) >= 11 is 0. The number of rotatable bonds is 3. The Morgan fingerprint density at radius 2 is 1.88 bits per heavy atom. The lowest BCUT2D eigenvalue weighted by Gasteiger charge is -2.16. The van der Waals surface area contributed by atoms with Crippen molar-refractivity contribution in [2.75, 3.05) is 7.05 Å². The third kappa shape index (κ3) is 2.31. The third-order valence-electron chi connectivity index (χ3n) is 1.95. The Morgan fingerprint density at radius 1 is 1.38 bits per heavy atom. The minimum Gasteiger partial charge on any atom is -0.317 e. The summed E-state index contributed by atoms with van der Waals surface area (Å²) in [6, 6.07) is 0.667. The maximum absolute atomic E-state index is 3.22. The second-order valence-corrected chi connectivity index (χ2v) is 2.46. The van der Waals surface area contributed by atoms with Crippen LogP contribution >= 0.6 is 0 Å². The minimum atomic E-state index is 0.667. The van der Waals surface area contributed by atoms with Crippen LogP contribution in [-0.2, 0) is 0 Å². The van der Waals surface area contributed by atoms with Gasteiger partial charge in [0.15, 0.2) is 0 Å². The molecule has 0 saturated heterocycles. The van der Waals surface area contributed by atoms with Crippen LogP contribution in [-0.4, -0.2) is 13.1 Å². The van der Waals surface area contributed by atoms with Gasteiger partial charge in [-0.05, 0) is 19.9 Å². The lowest BCUT2D eigenvalue weighted by molar-refractivity contribution is 0.415. The van der Waals surface area contributed by atoms with Crippen molar-refractivity contribution >= 4 is 0 Å². The Labute approximate surface area is 52.5 Å². The van der Waals surface area contributed by atoms with Gasteiger partial charge >= 0.3 is 0 Å². The van der Waals surface area contributed by atoms with Crippen LogP contribution in [0.5, 0.6) is 0 Å². The molecule has 1 heteroatoms. The van der Waals surface area contributed by atoms with Crippen LogP contribution in [0, 0.1) is 5.92 Å². The Balaban J connectivity index is 3.29. The topological polar surface area (TPSA) is 12.0 Å². The molecule has 0 aromatic rings. The zero-order valence-corrected chi connectivity index (χ0v) is 6.36. The van der Waals surface area contributed by atoms with Crippen LogP contribution in [0.25, 0.3) is 0 Å². The highest BCUT2D eigenvalue weighted by Crippen LogP contribution is 2.04. The van der Waals surface area contributed by atoms with Crippen molar-refractivity contribution < 1.29 is 0 Å². The zero-order valence-electron chi connectivity index (χ0n) is 6.36. The lowest BCUT2D eigenvalue weighted by Crippen LogP contribution is -2.27. The van der Waals surface area contributed by atoms with Crippen LogP contribution in [0.2, 0.25) is 0 Å². The van der Waals surface area contributed by atoms with Crippen LogP contribution in [0.1, 0.15) is 27.2 Å². The molecule has 0 aliphatic rings. The first-order valence-corrected chi connectivity index (χ1v) is 3.39. The van der Waals surface area contributed by atoms with E-state index in [4.69, 9.17) is 0 Å². The van der Waals surface area contributed by atoms with Gasteiger partial charge in [0.1, 0.15) is 0 Å². The Hall–Kier alpha value is -0.0400. The monoisotopic (exact) mass is 115 g/mol. The van der Waals surface area contributed by atoms with E-state index in [1.165, 1.54) is 6.42 Å². The van der Waals surface area contributed by atoms with E-state index in [1.807, 2.05) is 7.05 Å². The van der Waals surface area contributed by atoms with Crippen LogP contribution in [0.15, 0.2) is 0 Å². The fourth-order valence-electron chi connectivity index (χ4n) is 0.638. The van der Waals surface area contributed by atoms with Crippen molar-refractivity contribution in [1.82, 2.24) is 5.32 Å². The summed E-state index contributed by atoms with van der Waals surface area (Å²) in [5.41, 5.74) is 0. The molecule has 0 aliphatic carbocycles. The van der Waals surface area contributed by atoms with E-state index in [9.17, 15) is 0 Å². The molecule has 1 nitrogen and oxygen atoms in total. The van der Waals surface area contributed by atoms with Gasteiger partial charge in [-0.3, -0.25) is 0 Å². The molecule has 0 aromatic heterocycles. The molecule has 0 radical (unpaired) electrons. The molecule has 0 saturated carbocycles. The first-order valence-electron chi connectivity index (χ1n) is 3.39. The summed E-state index contributed by atoms with van der Waals surface area (Å²) in [5, 5.41) is 3.22. The summed E-state index contributed by atoms with van der Waals surface area (Å²) in [6.45, 7) is 6.70. The van der Waals surface area contributed by atoms with Crippen molar-refractivity contribution in [2.24, 2.45) is 5.92 Å². The van der Waals surface area contributed by atoms with E-state index < -0.39 is 0 Å². The maximum Gasteiger partial charge on any atom is 0.00612 e. The molecule has 1 N–H and O–H groups in total. The standard InChI is InChI=1S/C7H17N/c1-5-6(2)7(3)8-4/h6-8H,5H2,1-4H3/t6-,7?/m1/s1. The van der Waals surface area contributed by atoms with Gasteiger partial charge in [-0.15, -0.1) is 0 Å². The van der Waals surface area contributed by atoms with Crippen molar-refractivity contribution in [1.29, 1.82) is 0 Å². The normalized spacial score (nSPS) is 18.0. The SMILES string of the molecule is CC[C@@H](C)C(C)NC. The predicted octanol–water partition coefficient (Wildman–Crippen LogP) is 1.64. The molecular formula is C7H17N. The summed E-state index contributed by atoms with van der Waals surface area (Å²) in [4.78, 5) is 0. The van der Waals surface area contributed by atoms with Gasteiger partial charge in [0.05, 0.1) is 0 Å². The average molecular weight is 115 g/mol. The quantitative estimate of drug-likeness (QED) is 0.589. The van der Waals surface area contributed by atoms with Crippen molar-refractivity contribution in [2.45, 2.75) is 33.2 Å². The van der Waals surface area contributed by atoms with Crippen molar-refractivity contribution in [3.63, 3.8) is 0 Å². The van der Waals surface area contributed by atoms with Crippen LogP contribution in [0.4, 0.5) is 0 Å². The van der Waals surface area contributed by atoms with Gasteiger partial charge in [0.25, 0.3) is 0 Å². The van der Waals surface area contributed by atoms with Gasteiger partial charge in [-0.1, -0.05) is 20.3 Å². The van der Waals surface area contributed by atoms with E-state index in [0.29, 0.717) is 6.04 Å². The van der Waals surface area contributed by atoms with Gasteiger partial charge in [-0.2, -0.15) is 0 Å². The van der Waals surface area contributed by atoms with Crippen LogP contribution < -0.4 is 5.32 Å². The molecule has 2 atom stereocenters. The highest BCUT2D eigenvalue weighted by molar-refractivity contribution is 4.63. The van der Waals surface area contributed by atoms with E-state index in [1.54, 1.807) is 0 Å². The Kier molecular flexibility index (Phi) is 3.88. The van der Waals surface area contributed by atoms with Crippen LogP contribution in [0.3, 0.4) is 0 Å². The summed E-state index contributed by atoms with van der Waals surface area (Å²) < 4.78 is 0. The Bertz CT molecular complexity index is 44.3.